The van der Waals surface area contributed by atoms with Gasteiger partial charge in [0.25, 0.3) is 5.91 Å². The summed E-state index contributed by atoms with van der Waals surface area (Å²) in [5, 5.41) is 11.7. The van der Waals surface area contributed by atoms with Crippen molar-refractivity contribution in [2.45, 2.75) is 26.3 Å². The molecule has 6 heteroatoms. The van der Waals surface area contributed by atoms with Gasteiger partial charge in [0, 0.05) is 12.7 Å². The van der Waals surface area contributed by atoms with Crippen molar-refractivity contribution in [3.8, 4) is 5.75 Å². The Balaban J connectivity index is 2.62. The average molecular weight is 309 g/mol. The molecule has 1 rings (SSSR count). The van der Waals surface area contributed by atoms with Gasteiger partial charge in [0.1, 0.15) is 18.4 Å². The second-order valence-corrected chi connectivity index (χ2v) is 5.36. The first kappa shape index (κ1) is 18.0. The number of nitrogens with one attached hydrogen (secondary N) is 1. The van der Waals surface area contributed by atoms with Gasteiger partial charge in [-0.2, -0.15) is 0 Å². The van der Waals surface area contributed by atoms with E-state index in [9.17, 15) is 9.59 Å². The zero-order valence-corrected chi connectivity index (χ0v) is 13.2. The Morgan fingerprint density at radius 1 is 1.18 bits per heavy atom. The highest BCUT2D eigenvalue weighted by Gasteiger charge is 2.21. The standard InChI is InChI=1S/C16H23NO5/c1-11(2)10-14(16(19)20)17-15(18)12-4-6-13(7-5-12)22-9-8-21-3/h4-7,11,14H,8-10H2,1-3H3,(H,17,18)(H,19,20)/t14-/m0/s1. The molecule has 0 aromatic heterocycles. The minimum Gasteiger partial charge on any atom is -0.491 e. The molecule has 2 N–H and O–H groups in total. The van der Waals surface area contributed by atoms with Gasteiger partial charge in [0.05, 0.1) is 6.61 Å². The second kappa shape index (κ2) is 9.04. The number of amides is 1. The Kier molecular flexibility index (Phi) is 7.39. The highest BCUT2D eigenvalue weighted by atomic mass is 16.5. The van der Waals surface area contributed by atoms with Crippen LogP contribution in [0, 0.1) is 5.92 Å². The van der Waals surface area contributed by atoms with Crippen LogP contribution in [0.5, 0.6) is 5.75 Å². The van der Waals surface area contributed by atoms with E-state index in [0.29, 0.717) is 30.9 Å². The van der Waals surface area contributed by atoms with Gasteiger partial charge < -0.3 is 19.9 Å². The molecule has 0 heterocycles. The summed E-state index contributed by atoms with van der Waals surface area (Å²) in [5.41, 5.74) is 0.397. The lowest BCUT2D eigenvalue weighted by Crippen LogP contribution is -2.41. The summed E-state index contributed by atoms with van der Waals surface area (Å²) in [6.45, 7) is 4.73. The van der Waals surface area contributed by atoms with Crippen molar-refractivity contribution >= 4 is 11.9 Å². The van der Waals surface area contributed by atoms with Crippen LogP contribution in [-0.2, 0) is 9.53 Å². The third kappa shape index (κ3) is 6.13. The van der Waals surface area contributed by atoms with Crippen molar-refractivity contribution in [3.05, 3.63) is 29.8 Å². The Hall–Kier alpha value is -2.08. The molecule has 0 unspecified atom stereocenters. The minimum atomic E-state index is -1.03. The van der Waals surface area contributed by atoms with Crippen LogP contribution in [0.4, 0.5) is 0 Å². The number of carbonyl (C=O) groups is 2. The van der Waals surface area contributed by atoms with Gasteiger partial charge in [0.15, 0.2) is 0 Å². The maximum absolute atomic E-state index is 12.1. The molecule has 22 heavy (non-hydrogen) atoms. The molecule has 0 saturated carbocycles. The Labute approximate surface area is 130 Å². The number of carboxylic acids is 1. The highest BCUT2D eigenvalue weighted by molar-refractivity contribution is 5.96. The molecule has 122 valence electrons. The lowest BCUT2D eigenvalue weighted by molar-refractivity contribution is -0.139. The lowest BCUT2D eigenvalue weighted by atomic mass is 10.0. The van der Waals surface area contributed by atoms with Crippen LogP contribution in [0.3, 0.4) is 0 Å². The average Bonchev–Trinajstić information content (AvgIpc) is 2.47. The van der Waals surface area contributed by atoms with Crippen LogP contribution >= 0.6 is 0 Å². The summed E-state index contributed by atoms with van der Waals surface area (Å²) in [5.74, 6) is -0.624. The van der Waals surface area contributed by atoms with E-state index in [4.69, 9.17) is 14.6 Å². The third-order valence-electron chi connectivity index (χ3n) is 2.98. The van der Waals surface area contributed by atoms with Crippen molar-refractivity contribution in [1.29, 1.82) is 0 Å². The minimum absolute atomic E-state index is 0.179. The zero-order valence-electron chi connectivity index (χ0n) is 13.2. The Bertz CT molecular complexity index is 484. The van der Waals surface area contributed by atoms with Crippen LogP contribution in [0.2, 0.25) is 0 Å². The van der Waals surface area contributed by atoms with Crippen molar-refractivity contribution in [2.75, 3.05) is 20.3 Å². The molecular formula is C16H23NO5. The number of ether oxygens (including phenoxy) is 2. The first-order chi connectivity index (χ1) is 10.4. The number of carboxylic acid groups (broad SMARTS) is 1. The van der Waals surface area contributed by atoms with Gasteiger partial charge >= 0.3 is 5.97 Å². The van der Waals surface area contributed by atoms with E-state index in [-0.39, 0.29) is 5.92 Å². The normalized spacial score (nSPS) is 12.0. The summed E-state index contributed by atoms with van der Waals surface area (Å²) >= 11 is 0. The van der Waals surface area contributed by atoms with Crippen LogP contribution < -0.4 is 10.1 Å². The predicted molar refractivity (Wildman–Crippen MR) is 82.2 cm³/mol. The van der Waals surface area contributed by atoms with Gasteiger partial charge in [-0.3, -0.25) is 4.79 Å². The third-order valence-corrected chi connectivity index (χ3v) is 2.98. The van der Waals surface area contributed by atoms with E-state index in [2.05, 4.69) is 5.32 Å². The van der Waals surface area contributed by atoms with E-state index in [0.717, 1.165) is 0 Å². The molecule has 1 aromatic carbocycles. The molecule has 0 saturated heterocycles. The van der Waals surface area contributed by atoms with Crippen LogP contribution in [0.1, 0.15) is 30.6 Å². The van der Waals surface area contributed by atoms with E-state index >= 15 is 0 Å². The zero-order chi connectivity index (χ0) is 16.5. The quantitative estimate of drug-likeness (QED) is 0.681. The molecule has 1 atom stereocenters. The van der Waals surface area contributed by atoms with E-state index in [1.807, 2.05) is 13.8 Å². The van der Waals surface area contributed by atoms with Gasteiger partial charge in [-0.1, -0.05) is 13.8 Å². The fraction of sp³-hybridized carbons (Fsp3) is 0.500. The largest absolute Gasteiger partial charge is 0.491 e. The van der Waals surface area contributed by atoms with Crippen molar-refractivity contribution in [1.82, 2.24) is 5.32 Å². The fourth-order valence-corrected chi connectivity index (χ4v) is 1.88. The predicted octanol–water partition coefficient (Wildman–Crippen LogP) is 1.94. The van der Waals surface area contributed by atoms with E-state index < -0.39 is 17.9 Å². The molecule has 0 fully saturated rings. The molecule has 1 amide bonds. The smallest absolute Gasteiger partial charge is 0.326 e. The number of benzene rings is 1. The van der Waals surface area contributed by atoms with Crippen LogP contribution in [0.15, 0.2) is 24.3 Å². The number of carbonyl (C=O) groups excluding carboxylic acids is 1. The first-order valence-corrected chi connectivity index (χ1v) is 7.19. The molecule has 0 aliphatic carbocycles. The molecule has 0 aliphatic rings. The molecule has 0 spiro atoms. The maximum Gasteiger partial charge on any atom is 0.326 e. The molecule has 0 aliphatic heterocycles. The topological polar surface area (TPSA) is 84.9 Å². The molecule has 0 radical (unpaired) electrons. The fourth-order valence-electron chi connectivity index (χ4n) is 1.88. The molecule has 1 aromatic rings. The molecular weight excluding hydrogens is 286 g/mol. The summed E-state index contributed by atoms with van der Waals surface area (Å²) < 4.78 is 10.3. The van der Waals surface area contributed by atoms with Crippen LogP contribution in [0.25, 0.3) is 0 Å². The van der Waals surface area contributed by atoms with E-state index in [1.165, 1.54) is 0 Å². The second-order valence-electron chi connectivity index (χ2n) is 5.36. The SMILES string of the molecule is COCCOc1ccc(C(=O)N[C@@H](CC(C)C)C(=O)O)cc1. The van der Waals surface area contributed by atoms with Crippen LogP contribution in [-0.4, -0.2) is 43.3 Å². The van der Waals surface area contributed by atoms with Crippen molar-refractivity contribution in [2.24, 2.45) is 5.92 Å². The summed E-state index contributed by atoms with van der Waals surface area (Å²) in [6.07, 6.45) is 0.388. The number of hydrogen-bond acceptors (Lipinski definition) is 4. The lowest BCUT2D eigenvalue weighted by Gasteiger charge is -2.16. The van der Waals surface area contributed by atoms with Gasteiger partial charge in [-0.25, -0.2) is 4.79 Å². The first-order valence-electron chi connectivity index (χ1n) is 7.19. The van der Waals surface area contributed by atoms with Gasteiger partial charge in [0.2, 0.25) is 0 Å². The number of aliphatic carboxylic acids is 1. The maximum atomic E-state index is 12.1. The Morgan fingerprint density at radius 3 is 2.32 bits per heavy atom. The van der Waals surface area contributed by atoms with E-state index in [1.54, 1.807) is 31.4 Å². The molecule has 6 nitrogen and oxygen atoms in total. The highest BCUT2D eigenvalue weighted by Crippen LogP contribution is 2.13. The summed E-state index contributed by atoms with van der Waals surface area (Å²) in [7, 11) is 1.59. The number of rotatable bonds is 9. The Morgan fingerprint density at radius 2 is 1.82 bits per heavy atom. The van der Waals surface area contributed by atoms with Crippen molar-refractivity contribution < 1.29 is 24.2 Å². The molecule has 0 bridgehead atoms. The monoisotopic (exact) mass is 309 g/mol. The van der Waals surface area contributed by atoms with Crippen molar-refractivity contribution in [3.63, 3.8) is 0 Å². The van der Waals surface area contributed by atoms with Gasteiger partial charge in [-0.15, -0.1) is 0 Å². The number of hydrogen-bond donors (Lipinski definition) is 2. The number of methoxy groups -OCH3 is 1. The van der Waals surface area contributed by atoms with Gasteiger partial charge in [-0.05, 0) is 36.6 Å². The summed E-state index contributed by atoms with van der Waals surface area (Å²) in [4.78, 5) is 23.2. The summed E-state index contributed by atoms with van der Waals surface area (Å²) in [6, 6.07) is 5.66.